The van der Waals surface area contributed by atoms with E-state index in [0.29, 0.717) is 11.4 Å². The molecule has 0 radical (unpaired) electrons. The van der Waals surface area contributed by atoms with Crippen LogP contribution in [0.3, 0.4) is 0 Å². The molecule has 2 aromatic carbocycles. The van der Waals surface area contributed by atoms with E-state index in [0.717, 1.165) is 4.47 Å². The zero-order valence-electron chi connectivity index (χ0n) is 10.2. The number of nitrogen functional groups attached to an aromatic ring is 1. The van der Waals surface area contributed by atoms with Gasteiger partial charge in [0, 0.05) is 11.5 Å². The molecule has 0 aliphatic carbocycles. The first-order valence-electron chi connectivity index (χ1n) is 5.58. The van der Waals surface area contributed by atoms with Crippen LogP contribution in [0.5, 0.6) is 0 Å². The third kappa shape index (κ3) is 2.76. The van der Waals surface area contributed by atoms with Crippen molar-refractivity contribution >= 4 is 33.2 Å². The molecule has 98 valence electrons. The summed E-state index contributed by atoms with van der Waals surface area (Å²) in [6.45, 7) is 0. The Morgan fingerprint density at radius 2 is 1.95 bits per heavy atom. The molecule has 0 aliphatic heterocycles. The number of rotatable bonds is 2. The summed E-state index contributed by atoms with van der Waals surface area (Å²) in [5, 5.41) is 0. The largest absolute Gasteiger partial charge is 0.397 e. The van der Waals surface area contributed by atoms with Crippen LogP contribution in [-0.4, -0.2) is 13.0 Å². The van der Waals surface area contributed by atoms with Gasteiger partial charge in [-0.1, -0.05) is 28.1 Å². The Hall–Kier alpha value is -1.88. The minimum absolute atomic E-state index is 0.0207. The molecule has 0 atom stereocenters. The van der Waals surface area contributed by atoms with Gasteiger partial charge in [-0.2, -0.15) is 0 Å². The maximum Gasteiger partial charge on any atom is 0.261 e. The zero-order valence-corrected chi connectivity index (χ0v) is 11.8. The Bertz CT molecular complexity index is 631. The second-order valence-electron chi connectivity index (χ2n) is 4.05. The molecule has 2 N–H and O–H groups in total. The van der Waals surface area contributed by atoms with E-state index in [1.807, 2.05) is 0 Å². The number of carbonyl (C=O) groups is 1. The highest BCUT2D eigenvalue weighted by Gasteiger charge is 2.18. The standard InChI is InChI=1S/C14H12BrFN2O/c1-18(13-7-6-9(15)8-12(13)17)14(19)10-4-2-3-5-11(10)16/h2-8H,17H2,1H3. The molecule has 0 aliphatic rings. The molecular weight excluding hydrogens is 311 g/mol. The first-order chi connectivity index (χ1) is 9.00. The van der Waals surface area contributed by atoms with Crippen LogP contribution in [0.4, 0.5) is 15.8 Å². The van der Waals surface area contributed by atoms with Crippen LogP contribution in [-0.2, 0) is 0 Å². The van der Waals surface area contributed by atoms with E-state index >= 15 is 0 Å². The highest BCUT2D eigenvalue weighted by Crippen LogP contribution is 2.27. The smallest absolute Gasteiger partial charge is 0.261 e. The van der Waals surface area contributed by atoms with Crippen LogP contribution in [0.25, 0.3) is 0 Å². The van der Waals surface area contributed by atoms with Crippen molar-refractivity contribution < 1.29 is 9.18 Å². The Morgan fingerprint density at radius 3 is 2.58 bits per heavy atom. The van der Waals surface area contributed by atoms with Crippen molar-refractivity contribution in [1.29, 1.82) is 0 Å². The number of carbonyl (C=O) groups excluding carboxylic acids is 1. The number of nitrogens with two attached hydrogens (primary N) is 1. The average molecular weight is 323 g/mol. The van der Waals surface area contributed by atoms with Crippen LogP contribution in [0, 0.1) is 5.82 Å². The molecule has 1 amide bonds. The number of hydrogen-bond acceptors (Lipinski definition) is 2. The number of hydrogen-bond donors (Lipinski definition) is 1. The fourth-order valence-electron chi connectivity index (χ4n) is 1.76. The average Bonchev–Trinajstić information content (AvgIpc) is 2.38. The Labute approximate surface area is 119 Å². The van der Waals surface area contributed by atoms with E-state index in [1.54, 1.807) is 37.4 Å². The van der Waals surface area contributed by atoms with Gasteiger partial charge >= 0.3 is 0 Å². The van der Waals surface area contributed by atoms with Crippen molar-refractivity contribution in [3.8, 4) is 0 Å². The van der Waals surface area contributed by atoms with Crippen molar-refractivity contribution in [1.82, 2.24) is 0 Å². The van der Waals surface area contributed by atoms with Crippen molar-refractivity contribution in [2.24, 2.45) is 0 Å². The number of nitrogens with zero attached hydrogens (tertiary/aromatic N) is 1. The molecule has 19 heavy (non-hydrogen) atoms. The fraction of sp³-hybridized carbons (Fsp3) is 0.0714. The molecule has 0 aromatic heterocycles. The van der Waals surface area contributed by atoms with E-state index in [2.05, 4.69) is 15.9 Å². The van der Waals surface area contributed by atoms with Gasteiger partial charge in [0.25, 0.3) is 5.91 Å². The van der Waals surface area contributed by atoms with Gasteiger partial charge in [0.2, 0.25) is 0 Å². The summed E-state index contributed by atoms with van der Waals surface area (Å²) in [4.78, 5) is 13.6. The predicted octanol–water partition coefficient (Wildman–Crippen LogP) is 3.45. The monoisotopic (exact) mass is 322 g/mol. The van der Waals surface area contributed by atoms with Crippen LogP contribution in [0.15, 0.2) is 46.9 Å². The minimum atomic E-state index is -0.546. The van der Waals surface area contributed by atoms with Crippen LogP contribution in [0.2, 0.25) is 0 Å². The number of anilines is 2. The molecule has 0 spiro atoms. The van der Waals surface area contributed by atoms with Crippen LogP contribution in [0.1, 0.15) is 10.4 Å². The van der Waals surface area contributed by atoms with E-state index in [4.69, 9.17) is 5.73 Å². The van der Waals surface area contributed by atoms with Gasteiger partial charge in [0.05, 0.1) is 16.9 Å². The van der Waals surface area contributed by atoms with Crippen molar-refractivity contribution in [3.63, 3.8) is 0 Å². The molecule has 2 rings (SSSR count). The number of benzene rings is 2. The molecular formula is C14H12BrFN2O. The summed E-state index contributed by atoms with van der Waals surface area (Å²) in [6, 6.07) is 11.0. The van der Waals surface area contributed by atoms with Crippen molar-refractivity contribution in [2.45, 2.75) is 0 Å². The van der Waals surface area contributed by atoms with Crippen molar-refractivity contribution in [3.05, 3.63) is 58.3 Å². The van der Waals surface area contributed by atoms with Gasteiger partial charge < -0.3 is 10.6 Å². The molecule has 0 fully saturated rings. The Kier molecular flexibility index (Phi) is 3.85. The topological polar surface area (TPSA) is 46.3 Å². The fourth-order valence-corrected chi connectivity index (χ4v) is 2.13. The highest BCUT2D eigenvalue weighted by molar-refractivity contribution is 9.10. The Morgan fingerprint density at radius 1 is 1.26 bits per heavy atom. The van der Waals surface area contributed by atoms with Crippen molar-refractivity contribution in [2.75, 3.05) is 17.7 Å². The maximum atomic E-state index is 13.6. The lowest BCUT2D eigenvalue weighted by atomic mass is 10.1. The van der Waals surface area contributed by atoms with Crippen LogP contribution >= 0.6 is 15.9 Å². The molecule has 0 unspecified atom stereocenters. The second kappa shape index (κ2) is 5.40. The molecule has 3 nitrogen and oxygen atoms in total. The summed E-state index contributed by atoms with van der Waals surface area (Å²) >= 11 is 3.30. The normalized spacial score (nSPS) is 10.3. The lowest BCUT2D eigenvalue weighted by Gasteiger charge is -2.19. The van der Waals surface area contributed by atoms with Gasteiger partial charge in [0.1, 0.15) is 5.82 Å². The van der Waals surface area contributed by atoms with Crippen LogP contribution < -0.4 is 10.6 Å². The summed E-state index contributed by atoms with van der Waals surface area (Å²) in [6.07, 6.45) is 0. The van der Waals surface area contributed by atoms with Gasteiger partial charge in [-0.15, -0.1) is 0 Å². The lowest BCUT2D eigenvalue weighted by Crippen LogP contribution is -2.27. The molecule has 0 saturated heterocycles. The second-order valence-corrected chi connectivity index (χ2v) is 4.96. The third-order valence-corrected chi connectivity index (χ3v) is 3.25. The molecule has 0 saturated carbocycles. The lowest BCUT2D eigenvalue weighted by molar-refractivity contribution is 0.0989. The summed E-state index contributed by atoms with van der Waals surface area (Å²) in [5.74, 6) is -0.984. The highest BCUT2D eigenvalue weighted by atomic mass is 79.9. The first kappa shape index (κ1) is 13.5. The SMILES string of the molecule is CN(C(=O)c1ccccc1F)c1ccc(Br)cc1N. The van der Waals surface area contributed by atoms with E-state index in [-0.39, 0.29) is 5.56 Å². The predicted molar refractivity (Wildman–Crippen MR) is 77.7 cm³/mol. The maximum absolute atomic E-state index is 13.6. The first-order valence-corrected chi connectivity index (χ1v) is 6.37. The zero-order chi connectivity index (χ0) is 14.0. The van der Waals surface area contributed by atoms with Gasteiger partial charge in [0.15, 0.2) is 0 Å². The Balaban J connectivity index is 2.37. The summed E-state index contributed by atoms with van der Waals surface area (Å²) in [5.41, 5.74) is 6.86. The van der Waals surface area contributed by atoms with Gasteiger partial charge in [-0.05, 0) is 30.3 Å². The van der Waals surface area contributed by atoms with E-state index < -0.39 is 11.7 Å². The quantitative estimate of drug-likeness (QED) is 0.861. The molecule has 2 aromatic rings. The van der Waals surface area contributed by atoms with E-state index in [9.17, 15) is 9.18 Å². The number of amides is 1. The third-order valence-electron chi connectivity index (χ3n) is 2.76. The van der Waals surface area contributed by atoms with E-state index in [1.165, 1.54) is 17.0 Å². The summed E-state index contributed by atoms with van der Waals surface area (Å²) in [7, 11) is 1.56. The molecule has 5 heteroatoms. The van der Waals surface area contributed by atoms with Gasteiger partial charge in [-0.25, -0.2) is 4.39 Å². The molecule has 0 heterocycles. The number of halogens is 2. The molecule has 0 bridgehead atoms. The van der Waals surface area contributed by atoms with Gasteiger partial charge in [-0.3, -0.25) is 4.79 Å². The minimum Gasteiger partial charge on any atom is -0.397 e. The summed E-state index contributed by atoms with van der Waals surface area (Å²) < 4.78 is 14.4.